The molecule has 0 N–H and O–H groups in total. The Morgan fingerprint density at radius 1 is 1.47 bits per heavy atom. The van der Waals surface area contributed by atoms with Crippen LogP contribution in [0, 0.1) is 0 Å². The molecule has 0 radical (unpaired) electrons. The van der Waals surface area contributed by atoms with E-state index in [1.807, 2.05) is 13.8 Å². The van der Waals surface area contributed by atoms with Crippen LogP contribution in [0.5, 0.6) is 0 Å². The van der Waals surface area contributed by atoms with Crippen molar-refractivity contribution in [2.45, 2.75) is 26.3 Å². The van der Waals surface area contributed by atoms with E-state index in [0.29, 0.717) is 16.4 Å². The second-order valence-corrected chi connectivity index (χ2v) is 5.70. The smallest absolute Gasteiger partial charge is 0.170 e. The number of ketones is 1. The highest BCUT2D eigenvalue weighted by atomic mass is 79.9. The van der Waals surface area contributed by atoms with Gasteiger partial charge in [-0.15, -0.1) is 0 Å². The van der Waals surface area contributed by atoms with Crippen LogP contribution in [0.1, 0.15) is 36.1 Å². The van der Waals surface area contributed by atoms with Crippen LogP contribution in [-0.2, 0) is 6.42 Å². The molecule has 1 aromatic carbocycles. The zero-order valence-corrected chi connectivity index (χ0v) is 12.9. The van der Waals surface area contributed by atoms with Crippen LogP contribution in [-0.4, -0.2) is 20.5 Å². The zero-order valence-electron chi connectivity index (χ0n) is 10.6. The summed E-state index contributed by atoms with van der Waals surface area (Å²) in [6.45, 7) is 4.00. The lowest BCUT2D eigenvalue weighted by Gasteiger charge is -2.09. The van der Waals surface area contributed by atoms with E-state index in [9.17, 15) is 4.79 Å². The third kappa shape index (κ3) is 3.22. The van der Waals surface area contributed by atoms with E-state index in [0.717, 1.165) is 4.47 Å². The highest BCUT2D eigenvalue weighted by molar-refractivity contribution is 9.10. The average Bonchev–Trinajstić information content (AvgIpc) is 2.80. The fraction of sp³-hybridized carbons (Fsp3) is 0.308. The van der Waals surface area contributed by atoms with Crippen LogP contribution in [0.2, 0.25) is 5.02 Å². The maximum Gasteiger partial charge on any atom is 0.170 e. The molecule has 19 heavy (non-hydrogen) atoms. The minimum Gasteiger partial charge on any atom is -0.294 e. The SMILES string of the molecule is CC(C)n1ncnc1CC(=O)c1ccc(Br)c(Cl)c1. The lowest BCUT2D eigenvalue weighted by Crippen LogP contribution is -2.13. The molecule has 2 rings (SSSR count). The molecule has 4 nitrogen and oxygen atoms in total. The number of carbonyl (C=O) groups excluding carboxylic acids is 1. The van der Waals surface area contributed by atoms with Crippen LogP contribution in [0.25, 0.3) is 0 Å². The Morgan fingerprint density at radius 3 is 2.84 bits per heavy atom. The van der Waals surface area contributed by atoms with Gasteiger partial charge >= 0.3 is 0 Å². The molecule has 1 heterocycles. The number of hydrogen-bond donors (Lipinski definition) is 0. The highest BCUT2D eigenvalue weighted by Crippen LogP contribution is 2.23. The first-order valence-electron chi connectivity index (χ1n) is 5.85. The Hall–Kier alpha value is -1.20. The first kappa shape index (κ1) is 14.2. The minimum absolute atomic E-state index is 0.0238. The number of rotatable bonds is 4. The molecule has 1 aromatic heterocycles. The molecule has 0 spiro atoms. The topological polar surface area (TPSA) is 47.8 Å². The molecule has 0 fully saturated rings. The molecule has 0 amide bonds. The van der Waals surface area contributed by atoms with Gasteiger partial charge in [0.15, 0.2) is 5.78 Å². The molecule has 0 atom stereocenters. The molecule has 6 heteroatoms. The van der Waals surface area contributed by atoms with Crippen LogP contribution >= 0.6 is 27.5 Å². The van der Waals surface area contributed by atoms with Crippen LogP contribution in [0.4, 0.5) is 0 Å². The fourth-order valence-electron chi connectivity index (χ4n) is 1.75. The van der Waals surface area contributed by atoms with Crippen LogP contribution < -0.4 is 0 Å². The lowest BCUT2D eigenvalue weighted by molar-refractivity contribution is 0.0989. The van der Waals surface area contributed by atoms with Gasteiger partial charge in [0.05, 0.1) is 11.4 Å². The average molecular weight is 343 g/mol. The normalized spacial score (nSPS) is 11.0. The third-order valence-electron chi connectivity index (χ3n) is 2.70. The number of halogens is 2. The van der Waals surface area contributed by atoms with Crippen molar-refractivity contribution in [3.8, 4) is 0 Å². The van der Waals surface area contributed by atoms with Gasteiger partial charge in [0.25, 0.3) is 0 Å². The second-order valence-electron chi connectivity index (χ2n) is 4.44. The van der Waals surface area contributed by atoms with Gasteiger partial charge in [-0.1, -0.05) is 17.7 Å². The van der Waals surface area contributed by atoms with Crippen molar-refractivity contribution in [2.75, 3.05) is 0 Å². The first-order chi connectivity index (χ1) is 8.99. The summed E-state index contributed by atoms with van der Waals surface area (Å²) in [6, 6.07) is 5.35. The summed E-state index contributed by atoms with van der Waals surface area (Å²) in [5.74, 6) is 0.642. The van der Waals surface area contributed by atoms with Gasteiger partial charge in [-0.25, -0.2) is 9.67 Å². The molecule has 0 saturated heterocycles. The third-order valence-corrected chi connectivity index (χ3v) is 3.93. The molecular weight excluding hydrogens is 330 g/mol. The van der Waals surface area contributed by atoms with E-state index in [-0.39, 0.29) is 18.2 Å². The van der Waals surface area contributed by atoms with Gasteiger partial charge in [-0.3, -0.25) is 4.79 Å². The molecule has 2 aromatic rings. The number of Topliss-reactive ketones (excluding diaryl/α,β-unsaturated/α-hetero) is 1. The Labute approximate surface area is 124 Å². The Kier molecular flexibility index (Phi) is 4.37. The maximum atomic E-state index is 12.2. The molecule has 0 bridgehead atoms. The molecule has 0 aliphatic rings. The van der Waals surface area contributed by atoms with Gasteiger partial charge in [-0.2, -0.15) is 5.10 Å². The Balaban J connectivity index is 2.21. The number of hydrogen-bond acceptors (Lipinski definition) is 3. The predicted octanol–water partition coefficient (Wildman–Crippen LogP) is 3.70. The summed E-state index contributed by atoms with van der Waals surface area (Å²) in [7, 11) is 0. The largest absolute Gasteiger partial charge is 0.294 e. The second kappa shape index (κ2) is 5.84. The van der Waals surface area contributed by atoms with E-state index >= 15 is 0 Å². The van der Waals surface area contributed by atoms with Crippen molar-refractivity contribution in [1.82, 2.24) is 14.8 Å². The number of aromatic nitrogens is 3. The first-order valence-corrected chi connectivity index (χ1v) is 7.02. The van der Waals surface area contributed by atoms with Crippen molar-refractivity contribution < 1.29 is 4.79 Å². The summed E-state index contributed by atoms with van der Waals surface area (Å²) in [5.41, 5.74) is 0.575. The molecule has 0 unspecified atom stereocenters. The van der Waals surface area contributed by atoms with Gasteiger partial charge in [-0.05, 0) is 41.9 Å². The molecule has 100 valence electrons. The van der Waals surface area contributed by atoms with Crippen molar-refractivity contribution in [3.05, 3.63) is 45.4 Å². The monoisotopic (exact) mass is 341 g/mol. The zero-order chi connectivity index (χ0) is 14.0. The molecular formula is C13H13BrClN3O. The van der Waals surface area contributed by atoms with Crippen LogP contribution in [0.15, 0.2) is 29.0 Å². The predicted molar refractivity (Wildman–Crippen MR) is 77.6 cm³/mol. The van der Waals surface area contributed by atoms with E-state index in [1.165, 1.54) is 6.33 Å². The van der Waals surface area contributed by atoms with Gasteiger partial charge in [0, 0.05) is 16.1 Å². The van der Waals surface area contributed by atoms with Crippen molar-refractivity contribution >= 4 is 33.3 Å². The van der Waals surface area contributed by atoms with Crippen molar-refractivity contribution in [1.29, 1.82) is 0 Å². The standard InChI is InChI=1S/C13H13BrClN3O/c1-8(2)18-13(16-7-17-18)6-12(19)9-3-4-10(14)11(15)5-9/h3-5,7-8H,6H2,1-2H3. The summed E-state index contributed by atoms with van der Waals surface area (Å²) in [4.78, 5) is 16.3. The Morgan fingerprint density at radius 2 is 2.21 bits per heavy atom. The van der Waals surface area contributed by atoms with Gasteiger partial charge in [0.2, 0.25) is 0 Å². The molecule has 0 aliphatic carbocycles. The molecule has 0 aliphatic heterocycles. The fourth-order valence-corrected chi connectivity index (χ4v) is 2.17. The summed E-state index contributed by atoms with van der Waals surface area (Å²) >= 11 is 9.29. The van der Waals surface area contributed by atoms with E-state index in [4.69, 9.17) is 11.6 Å². The number of benzene rings is 1. The van der Waals surface area contributed by atoms with Crippen molar-refractivity contribution in [2.24, 2.45) is 0 Å². The summed E-state index contributed by atoms with van der Waals surface area (Å²) in [5, 5.41) is 4.64. The summed E-state index contributed by atoms with van der Waals surface area (Å²) < 4.78 is 2.52. The van der Waals surface area contributed by atoms with Gasteiger partial charge < -0.3 is 0 Å². The van der Waals surface area contributed by atoms with Crippen molar-refractivity contribution in [3.63, 3.8) is 0 Å². The molecule has 0 saturated carbocycles. The quantitative estimate of drug-likeness (QED) is 0.796. The Bertz CT molecular complexity index is 610. The maximum absolute atomic E-state index is 12.2. The number of nitrogens with zero attached hydrogens (tertiary/aromatic N) is 3. The van der Waals surface area contributed by atoms with E-state index in [1.54, 1.807) is 22.9 Å². The lowest BCUT2D eigenvalue weighted by atomic mass is 10.1. The highest BCUT2D eigenvalue weighted by Gasteiger charge is 2.14. The number of carbonyl (C=O) groups is 1. The van der Waals surface area contributed by atoms with Gasteiger partial charge in [0.1, 0.15) is 12.2 Å². The van der Waals surface area contributed by atoms with E-state index < -0.39 is 0 Å². The summed E-state index contributed by atoms with van der Waals surface area (Å²) in [6.07, 6.45) is 1.69. The van der Waals surface area contributed by atoms with Crippen LogP contribution in [0.3, 0.4) is 0 Å². The minimum atomic E-state index is -0.0238. The van der Waals surface area contributed by atoms with E-state index in [2.05, 4.69) is 26.0 Å².